The number of carbonyl (C=O) groups excluding carboxylic acids is 3. The molecule has 1 unspecified atom stereocenters. The van der Waals surface area contributed by atoms with Gasteiger partial charge in [0.05, 0.1) is 18.2 Å². The Balaban J connectivity index is 0.00000302. The van der Waals surface area contributed by atoms with Crippen molar-refractivity contribution in [3.63, 3.8) is 0 Å². The maximum absolute atomic E-state index is 13.5. The van der Waals surface area contributed by atoms with Gasteiger partial charge in [-0.15, -0.1) is 0 Å². The lowest BCUT2D eigenvalue weighted by Crippen LogP contribution is -2.56. The minimum absolute atomic E-state index is 0.346. The number of nitrogens with one attached hydrogen (secondary N) is 2. The van der Waals surface area contributed by atoms with Crippen LogP contribution < -0.4 is 36.2 Å². The lowest BCUT2D eigenvalue weighted by atomic mass is 9.99. The molecular weight excluding hydrogens is 847 g/mol. The normalized spacial score (nSPS) is 20.9. The van der Waals surface area contributed by atoms with Crippen molar-refractivity contribution in [2.24, 2.45) is 15.7 Å². The smallest absolute Gasteiger partial charge is 0.262 e. The number of piperazine rings is 1. The third-order valence-corrected chi connectivity index (χ3v) is 14.7. The molecule has 0 spiro atoms. The van der Waals surface area contributed by atoms with E-state index in [0.29, 0.717) is 64.1 Å². The first-order valence-corrected chi connectivity index (χ1v) is 24.8. The lowest BCUT2D eigenvalue weighted by Gasteiger charge is -2.46. The number of carbonyl (C=O) groups is 3. The molecule has 5 heterocycles. The highest BCUT2D eigenvalue weighted by Gasteiger charge is 2.44. The Hall–Kier alpha value is -5.11. The second-order valence-electron chi connectivity index (χ2n) is 16.9. The van der Waals surface area contributed by atoms with Crippen LogP contribution in [0.2, 0.25) is 0 Å². The molecule has 0 bridgehead atoms. The second-order valence-corrected chi connectivity index (χ2v) is 19.6. The molecule has 340 valence electrons. The van der Waals surface area contributed by atoms with Gasteiger partial charge < -0.3 is 30.9 Å². The van der Waals surface area contributed by atoms with E-state index in [-0.39, 0.29) is 19.7 Å². The van der Waals surface area contributed by atoms with Gasteiger partial charge in [-0.3, -0.25) is 34.1 Å². The van der Waals surface area contributed by atoms with E-state index in [2.05, 4.69) is 85.8 Å². The summed E-state index contributed by atoms with van der Waals surface area (Å²) < 4.78 is 5.88. The molecule has 3 aromatic rings. The zero-order valence-corrected chi connectivity index (χ0v) is 39.2. The third-order valence-electron chi connectivity index (χ3n) is 13.0. The Labute approximate surface area is 384 Å². The van der Waals surface area contributed by atoms with Gasteiger partial charge in [-0.1, -0.05) is 44.3 Å². The van der Waals surface area contributed by atoms with E-state index >= 15 is 0 Å². The summed E-state index contributed by atoms with van der Waals surface area (Å²) in [6, 6.07) is 20.2. The van der Waals surface area contributed by atoms with Gasteiger partial charge in [0.25, 0.3) is 11.8 Å². The van der Waals surface area contributed by atoms with Crippen molar-refractivity contribution in [3.8, 4) is 5.75 Å². The SMILES string of the molecule is C=N/C=C(/Cl)C(=Nc1ccc(N2CCC(N3CCN(C4CCN(c5ccc6c(c5)C(=O)N(C5CCC(=C)NC5=O)C6=O)CC4)CC3)CC2)cc1OC)Nc1ccccc1P(C)C.CN. The van der Waals surface area contributed by atoms with Crippen molar-refractivity contribution in [2.75, 3.05) is 95.0 Å². The van der Waals surface area contributed by atoms with Gasteiger partial charge in [0.2, 0.25) is 5.91 Å². The molecule has 64 heavy (non-hydrogen) atoms. The topological polar surface area (TPSA) is 151 Å². The van der Waals surface area contributed by atoms with Gasteiger partial charge in [-0.05, 0) is 107 Å². The molecule has 0 radical (unpaired) electrons. The maximum Gasteiger partial charge on any atom is 0.262 e. The van der Waals surface area contributed by atoms with Gasteiger partial charge in [0, 0.05) is 99.5 Å². The number of para-hydroxylation sites is 1. The number of fused-ring (bicyclic) bond motifs is 1. The van der Waals surface area contributed by atoms with Crippen molar-refractivity contribution >= 4 is 77.9 Å². The highest BCUT2D eigenvalue weighted by atomic mass is 35.5. The molecule has 5 aliphatic rings. The van der Waals surface area contributed by atoms with Crippen LogP contribution in [0.15, 0.2) is 94.2 Å². The number of halogens is 1. The molecule has 4 fully saturated rings. The first-order chi connectivity index (χ1) is 31.0. The first-order valence-electron chi connectivity index (χ1n) is 22.2. The monoisotopic (exact) mass is 908 g/mol. The second kappa shape index (κ2) is 21.3. The number of anilines is 3. The van der Waals surface area contributed by atoms with Crippen LogP contribution in [0.25, 0.3) is 0 Å². The summed E-state index contributed by atoms with van der Waals surface area (Å²) in [4.78, 5) is 59.5. The highest BCUT2D eigenvalue weighted by molar-refractivity contribution is 7.64. The molecule has 3 amide bonds. The average Bonchev–Trinajstić information content (AvgIpc) is 3.57. The van der Waals surface area contributed by atoms with Crippen LogP contribution >= 0.6 is 19.5 Å². The van der Waals surface area contributed by atoms with E-state index in [1.807, 2.05) is 36.4 Å². The van der Waals surface area contributed by atoms with Crippen LogP contribution in [0, 0.1) is 0 Å². The van der Waals surface area contributed by atoms with Gasteiger partial charge in [0.15, 0.2) is 5.84 Å². The number of nitrogens with two attached hydrogens (primary N) is 1. The Morgan fingerprint density at radius 3 is 1.98 bits per heavy atom. The summed E-state index contributed by atoms with van der Waals surface area (Å²) in [6.45, 7) is 19.9. The summed E-state index contributed by atoms with van der Waals surface area (Å²) in [5, 5.41) is 7.73. The van der Waals surface area contributed by atoms with Crippen molar-refractivity contribution in [2.45, 2.75) is 56.7 Å². The maximum atomic E-state index is 13.5. The summed E-state index contributed by atoms with van der Waals surface area (Å²) >= 11 is 6.68. The zero-order valence-electron chi connectivity index (χ0n) is 37.6. The first kappa shape index (κ1) is 46.9. The summed E-state index contributed by atoms with van der Waals surface area (Å²) in [5.74, 6) is 0.0216. The fraction of sp³-hybridized carbons (Fsp3) is 0.438. The number of benzene rings is 3. The predicted molar refractivity (Wildman–Crippen MR) is 263 cm³/mol. The Morgan fingerprint density at radius 1 is 0.828 bits per heavy atom. The number of methoxy groups -OCH3 is 1. The molecule has 0 aliphatic carbocycles. The number of amidine groups is 1. The molecule has 14 nitrogen and oxygen atoms in total. The highest BCUT2D eigenvalue weighted by Crippen LogP contribution is 2.36. The zero-order chi connectivity index (χ0) is 45.5. The average molecular weight is 910 g/mol. The summed E-state index contributed by atoms with van der Waals surface area (Å²) in [6.07, 6.45) is 6.75. The number of hydrogen-bond acceptors (Lipinski definition) is 11. The quantitative estimate of drug-likeness (QED) is 0.0879. The van der Waals surface area contributed by atoms with Gasteiger partial charge in [-0.2, -0.15) is 0 Å². The number of hydrogen-bond donors (Lipinski definition) is 3. The number of aliphatic imine (C=N–C) groups is 2. The number of ether oxygens (including phenoxy) is 1. The van der Waals surface area contributed by atoms with E-state index in [4.69, 9.17) is 21.3 Å². The molecular formula is C48H62ClN10O4P. The molecule has 4 saturated heterocycles. The van der Waals surface area contributed by atoms with Crippen molar-refractivity contribution in [1.29, 1.82) is 0 Å². The predicted octanol–water partition coefficient (Wildman–Crippen LogP) is 6.20. The fourth-order valence-electron chi connectivity index (χ4n) is 9.64. The minimum Gasteiger partial charge on any atom is -0.494 e. The van der Waals surface area contributed by atoms with E-state index in [9.17, 15) is 14.4 Å². The summed E-state index contributed by atoms with van der Waals surface area (Å²) in [7, 11) is 2.82. The van der Waals surface area contributed by atoms with Crippen LogP contribution in [0.4, 0.5) is 22.7 Å². The van der Waals surface area contributed by atoms with Crippen molar-refractivity contribution in [1.82, 2.24) is 20.0 Å². The number of nitrogens with zero attached hydrogens (tertiary/aromatic N) is 7. The molecule has 4 N–H and O–H groups in total. The number of imide groups is 1. The van der Waals surface area contributed by atoms with E-state index in [0.717, 1.165) is 100 Å². The van der Waals surface area contributed by atoms with Crippen LogP contribution in [-0.4, -0.2) is 143 Å². The van der Waals surface area contributed by atoms with E-state index in [1.165, 1.54) is 18.6 Å². The van der Waals surface area contributed by atoms with Crippen molar-refractivity contribution < 1.29 is 19.1 Å². The number of rotatable bonds is 11. The van der Waals surface area contributed by atoms with Gasteiger partial charge in [0.1, 0.15) is 22.5 Å². The molecule has 0 aromatic heterocycles. The van der Waals surface area contributed by atoms with Gasteiger partial charge >= 0.3 is 0 Å². The largest absolute Gasteiger partial charge is 0.494 e. The molecule has 3 aromatic carbocycles. The van der Waals surface area contributed by atoms with Crippen LogP contribution in [0.3, 0.4) is 0 Å². The third kappa shape index (κ3) is 10.2. The fourth-order valence-corrected chi connectivity index (χ4v) is 10.8. The number of allylic oxidation sites excluding steroid dienone is 1. The number of piperidine rings is 3. The standard InChI is InChI=1S/C47H57ClN9O4P.CH5N/c1-31-10-15-41(45(58)50-31)57-46(59)36-13-11-34(28-37(36)47(57)60)53-20-16-32(17-21-53)55-24-26-56(27-25-55)33-18-22-54(23-19-33)35-12-14-39(42(29-35)61-3)51-44(38(48)30-49-2)52-40-8-6-7-9-43(40)62(4)5;1-2/h6-9,11-14,28-30,32-33,41H,1-2,10,15-27H2,3-5H3,(H,50,58)(H,51,52);2H2,1H3/b38-30+;. The molecule has 1 atom stereocenters. The van der Waals surface area contributed by atoms with E-state index in [1.54, 1.807) is 13.2 Å². The molecule has 16 heteroatoms. The van der Waals surface area contributed by atoms with Gasteiger partial charge in [-0.25, -0.2) is 4.99 Å². The lowest BCUT2D eigenvalue weighted by molar-refractivity contribution is -0.125. The molecule has 8 rings (SSSR count). The Morgan fingerprint density at radius 2 is 1.41 bits per heavy atom. The van der Waals surface area contributed by atoms with Crippen LogP contribution in [0.1, 0.15) is 59.2 Å². The van der Waals surface area contributed by atoms with E-state index < -0.39 is 11.9 Å². The molecule has 5 aliphatic heterocycles. The summed E-state index contributed by atoms with van der Waals surface area (Å²) in [5.41, 5.74) is 9.58. The Bertz CT molecular complexity index is 2280. The molecule has 0 saturated carbocycles. The Kier molecular flexibility index (Phi) is 15.6. The minimum atomic E-state index is -0.804. The van der Waals surface area contributed by atoms with Crippen molar-refractivity contribution in [3.05, 3.63) is 95.3 Å². The van der Waals surface area contributed by atoms with Crippen LogP contribution in [0.5, 0.6) is 5.75 Å². The van der Waals surface area contributed by atoms with Crippen LogP contribution in [-0.2, 0) is 4.79 Å². The number of amides is 3.